The quantitative estimate of drug-likeness (QED) is 0.292. The van der Waals surface area contributed by atoms with Gasteiger partial charge in [-0.05, 0) is 74.2 Å². The Morgan fingerprint density at radius 2 is 1.63 bits per heavy atom. The van der Waals surface area contributed by atoms with E-state index in [0.29, 0.717) is 46.5 Å². The largest absolute Gasteiger partial charge is 0.497 e. The molecule has 214 valence electrons. The van der Waals surface area contributed by atoms with E-state index >= 15 is 0 Å². The number of nitrogens with one attached hydrogen (secondary N) is 2. The molecule has 5 rings (SSSR count). The van der Waals surface area contributed by atoms with Gasteiger partial charge in [-0.2, -0.15) is 5.10 Å². The molecule has 1 fully saturated rings. The number of benzene rings is 3. The molecule has 1 amide bonds. The van der Waals surface area contributed by atoms with Gasteiger partial charge in [0.05, 0.1) is 18.2 Å². The van der Waals surface area contributed by atoms with Gasteiger partial charge in [-0.3, -0.25) is 14.3 Å². The van der Waals surface area contributed by atoms with Crippen molar-refractivity contribution in [3.63, 3.8) is 0 Å². The van der Waals surface area contributed by atoms with E-state index in [1.54, 1.807) is 67.8 Å². The molecule has 2 heterocycles. The minimum absolute atomic E-state index is 0.0572. The first-order chi connectivity index (χ1) is 19.8. The number of methoxy groups -OCH3 is 1. The number of rotatable bonds is 9. The van der Waals surface area contributed by atoms with Crippen molar-refractivity contribution >= 4 is 43.8 Å². The SMILES string of the molecule is CCCn1nc(C(=O)Nc2ccc(N3CCCCC3)c(S(=O)(=O)Nc3ccc(OC)cc3)c2)c2ccccc2c1=O. The van der Waals surface area contributed by atoms with Crippen molar-refractivity contribution in [2.45, 2.75) is 44.0 Å². The lowest BCUT2D eigenvalue weighted by molar-refractivity contribution is 0.102. The van der Waals surface area contributed by atoms with E-state index in [-0.39, 0.29) is 16.1 Å². The number of aryl methyl sites for hydroxylation is 1. The number of sulfonamides is 1. The van der Waals surface area contributed by atoms with Crippen molar-refractivity contribution in [2.75, 3.05) is 35.1 Å². The van der Waals surface area contributed by atoms with Crippen LogP contribution in [0.3, 0.4) is 0 Å². The standard InChI is InChI=1S/C30H33N5O5S/c1-3-17-35-30(37)25-10-6-5-9-24(25)28(32-35)29(36)31-22-13-16-26(34-18-7-4-8-19-34)27(20-22)41(38,39)33-21-11-14-23(40-2)15-12-21/h5-6,9-16,20,33H,3-4,7-8,17-19H2,1-2H3,(H,31,36). The highest BCUT2D eigenvalue weighted by molar-refractivity contribution is 7.92. The van der Waals surface area contributed by atoms with E-state index < -0.39 is 15.9 Å². The number of anilines is 3. The molecule has 1 aromatic heterocycles. The van der Waals surface area contributed by atoms with E-state index in [9.17, 15) is 18.0 Å². The Morgan fingerprint density at radius 1 is 0.951 bits per heavy atom. The molecule has 10 nitrogen and oxygen atoms in total. The normalized spacial score (nSPS) is 13.7. The van der Waals surface area contributed by atoms with Gasteiger partial charge in [-0.15, -0.1) is 0 Å². The topological polar surface area (TPSA) is 123 Å². The van der Waals surface area contributed by atoms with Crippen molar-refractivity contribution in [1.82, 2.24) is 9.78 Å². The molecule has 0 aliphatic carbocycles. The van der Waals surface area contributed by atoms with Crippen LogP contribution in [0.15, 0.2) is 76.4 Å². The van der Waals surface area contributed by atoms with Crippen LogP contribution in [0.25, 0.3) is 10.8 Å². The summed E-state index contributed by atoms with van der Waals surface area (Å²) in [6, 6.07) is 18.3. The van der Waals surface area contributed by atoms with Crippen LogP contribution in [-0.2, 0) is 16.6 Å². The molecular weight excluding hydrogens is 542 g/mol. The molecule has 11 heteroatoms. The number of carbonyl (C=O) groups excluding carboxylic acids is 1. The first kappa shape index (κ1) is 28.2. The highest BCUT2D eigenvalue weighted by Crippen LogP contribution is 2.32. The van der Waals surface area contributed by atoms with E-state index in [1.807, 2.05) is 6.92 Å². The molecule has 0 saturated carbocycles. The second-order valence-corrected chi connectivity index (χ2v) is 11.6. The van der Waals surface area contributed by atoms with Gasteiger partial charge in [0, 0.05) is 36.4 Å². The van der Waals surface area contributed by atoms with Gasteiger partial charge in [0.2, 0.25) is 0 Å². The molecule has 0 spiro atoms. The Kier molecular flexibility index (Phi) is 8.25. The second-order valence-electron chi connectivity index (χ2n) is 9.94. The Balaban J connectivity index is 1.52. The maximum Gasteiger partial charge on any atom is 0.276 e. The summed E-state index contributed by atoms with van der Waals surface area (Å²) in [5.41, 5.74) is 1.09. The van der Waals surface area contributed by atoms with E-state index in [2.05, 4.69) is 20.0 Å². The molecule has 2 N–H and O–H groups in total. The fourth-order valence-electron chi connectivity index (χ4n) is 5.03. The predicted molar refractivity (Wildman–Crippen MR) is 161 cm³/mol. The lowest BCUT2D eigenvalue weighted by Crippen LogP contribution is -2.31. The fourth-order valence-corrected chi connectivity index (χ4v) is 6.34. The number of aromatic nitrogens is 2. The number of hydrogen-bond acceptors (Lipinski definition) is 7. The van der Waals surface area contributed by atoms with Gasteiger partial charge in [0.15, 0.2) is 5.69 Å². The molecule has 1 saturated heterocycles. The third-order valence-electron chi connectivity index (χ3n) is 7.06. The number of amides is 1. The third-order valence-corrected chi connectivity index (χ3v) is 8.47. The Bertz CT molecular complexity index is 1730. The summed E-state index contributed by atoms with van der Waals surface area (Å²) in [5, 5.41) is 8.01. The lowest BCUT2D eigenvalue weighted by atomic mass is 10.1. The number of piperidine rings is 1. The van der Waals surface area contributed by atoms with Crippen LogP contribution in [0.2, 0.25) is 0 Å². The summed E-state index contributed by atoms with van der Waals surface area (Å²) in [7, 11) is -2.49. The first-order valence-electron chi connectivity index (χ1n) is 13.7. The molecule has 3 aromatic carbocycles. The van der Waals surface area contributed by atoms with Crippen LogP contribution in [-0.4, -0.2) is 44.3 Å². The highest BCUT2D eigenvalue weighted by Gasteiger charge is 2.25. The van der Waals surface area contributed by atoms with E-state index in [0.717, 1.165) is 32.4 Å². The van der Waals surface area contributed by atoms with Crippen molar-refractivity contribution in [1.29, 1.82) is 0 Å². The Morgan fingerprint density at radius 3 is 2.32 bits per heavy atom. The van der Waals surface area contributed by atoms with Crippen LogP contribution in [0.1, 0.15) is 43.1 Å². The van der Waals surface area contributed by atoms with Gasteiger partial charge in [-0.25, -0.2) is 13.1 Å². The molecule has 0 unspecified atom stereocenters. The smallest absolute Gasteiger partial charge is 0.276 e. The summed E-state index contributed by atoms with van der Waals surface area (Å²) < 4.78 is 36.6. The summed E-state index contributed by atoms with van der Waals surface area (Å²) in [6.45, 7) is 3.78. The molecule has 4 aromatic rings. The minimum Gasteiger partial charge on any atom is -0.497 e. The van der Waals surface area contributed by atoms with Crippen molar-refractivity contribution < 1.29 is 17.9 Å². The zero-order chi connectivity index (χ0) is 29.0. The Hall–Kier alpha value is -4.38. The lowest BCUT2D eigenvalue weighted by Gasteiger charge is -2.30. The predicted octanol–water partition coefficient (Wildman–Crippen LogP) is 4.86. The summed E-state index contributed by atoms with van der Waals surface area (Å²) in [4.78, 5) is 28.5. The number of ether oxygens (including phenoxy) is 1. The molecule has 0 atom stereocenters. The highest BCUT2D eigenvalue weighted by atomic mass is 32.2. The van der Waals surface area contributed by atoms with Crippen LogP contribution >= 0.6 is 0 Å². The molecule has 1 aliphatic rings. The fraction of sp³-hybridized carbons (Fsp3) is 0.300. The first-order valence-corrected chi connectivity index (χ1v) is 15.2. The minimum atomic E-state index is -4.04. The molecule has 0 radical (unpaired) electrons. The van der Waals surface area contributed by atoms with E-state index in [1.165, 1.54) is 10.7 Å². The number of nitrogens with zero attached hydrogens (tertiary/aromatic N) is 3. The molecule has 1 aliphatic heterocycles. The maximum absolute atomic E-state index is 13.7. The monoisotopic (exact) mass is 575 g/mol. The van der Waals surface area contributed by atoms with Gasteiger partial charge >= 0.3 is 0 Å². The number of fused-ring (bicyclic) bond motifs is 1. The number of hydrogen-bond donors (Lipinski definition) is 2. The third kappa shape index (κ3) is 6.04. The van der Waals surface area contributed by atoms with Gasteiger partial charge in [-0.1, -0.05) is 25.1 Å². The Labute approximate surface area is 239 Å². The van der Waals surface area contributed by atoms with Crippen LogP contribution < -0.4 is 25.2 Å². The maximum atomic E-state index is 13.7. The van der Waals surface area contributed by atoms with Crippen LogP contribution in [0.4, 0.5) is 17.1 Å². The van der Waals surface area contributed by atoms with Crippen LogP contribution in [0.5, 0.6) is 5.75 Å². The van der Waals surface area contributed by atoms with Crippen molar-refractivity contribution in [2.24, 2.45) is 0 Å². The van der Waals surface area contributed by atoms with Crippen LogP contribution in [0, 0.1) is 0 Å². The molecule has 0 bridgehead atoms. The number of carbonyl (C=O) groups is 1. The average molecular weight is 576 g/mol. The summed E-state index contributed by atoms with van der Waals surface area (Å²) >= 11 is 0. The average Bonchev–Trinajstić information content (AvgIpc) is 2.99. The van der Waals surface area contributed by atoms with E-state index in [4.69, 9.17) is 4.74 Å². The van der Waals surface area contributed by atoms with Crippen molar-refractivity contribution in [3.8, 4) is 5.75 Å². The van der Waals surface area contributed by atoms with Crippen molar-refractivity contribution in [3.05, 3.63) is 82.8 Å². The molecular formula is C30H33N5O5S. The summed E-state index contributed by atoms with van der Waals surface area (Å²) in [5.74, 6) is 0.0707. The summed E-state index contributed by atoms with van der Waals surface area (Å²) in [6.07, 6.45) is 3.71. The molecule has 41 heavy (non-hydrogen) atoms. The van der Waals surface area contributed by atoms with Gasteiger partial charge in [0.1, 0.15) is 10.6 Å². The second kappa shape index (κ2) is 12.0. The zero-order valence-corrected chi connectivity index (χ0v) is 23.9. The zero-order valence-electron chi connectivity index (χ0n) is 23.1. The van der Waals surface area contributed by atoms with Gasteiger partial charge in [0.25, 0.3) is 21.5 Å². The van der Waals surface area contributed by atoms with Gasteiger partial charge < -0.3 is 15.0 Å².